The Labute approximate surface area is 121 Å². The predicted octanol–water partition coefficient (Wildman–Crippen LogP) is 2.99. The molecule has 0 saturated heterocycles. The predicted molar refractivity (Wildman–Crippen MR) is 77.2 cm³/mol. The van der Waals surface area contributed by atoms with Gasteiger partial charge in [-0.2, -0.15) is 0 Å². The van der Waals surface area contributed by atoms with Gasteiger partial charge in [-0.3, -0.25) is 9.59 Å². The van der Waals surface area contributed by atoms with Gasteiger partial charge in [0.15, 0.2) is 0 Å². The Morgan fingerprint density at radius 1 is 1.42 bits per heavy atom. The van der Waals surface area contributed by atoms with Crippen molar-refractivity contribution in [2.45, 2.75) is 27.2 Å². The first-order chi connectivity index (χ1) is 8.80. The topological polar surface area (TPSA) is 66.4 Å². The molecular weight excluding hydrogens is 310 g/mol. The lowest BCUT2D eigenvalue weighted by atomic mass is 9.87. The van der Waals surface area contributed by atoms with E-state index in [1.807, 2.05) is 19.1 Å². The fourth-order valence-electron chi connectivity index (χ4n) is 1.53. The van der Waals surface area contributed by atoms with Gasteiger partial charge in [-0.1, -0.05) is 13.0 Å². The Bertz CT molecular complexity index is 501. The van der Waals surface area contributed by atoms with Crippen LogP contribution in [0.2, 0.25) is 0 Å². The lowest BCUT2D eigenvalue weighted by molar-refractivity contribution is -0.147. The summed E-state index contributed by atoms with van der Waals surface area (Å²) in [6, 6.07) is 5.42. The van der Waals surface area contributed by atoms with Crippen molar-refractivity contribution in [2.24, 2.45) is 5.41 Å². The Kier molecular flexibility index (Phi) is 5.11. The van der Waals surface area contributed by atoms with E-state index in [0.29, 0.717) is 16.5 Å². The Morgan fingerprint density at radius 3 is 2.53 bits per heavy atom. The van der Waals surface area contributed by atoms with Gasteiger partial charge < -0.3 is 10.4 Å². The summed E-state index contributed by atoms with van der Waals surface area (Å²) in [5, 5.41) is 11.8. The van der Waals surface area contributed by atoms with E-state index in [2.05, 4.69) is 21.2 Å². The second-order valence-electron chi connectivity index (χ2n) is 4.89. The van der Waals surface area contributed by atoms with Gasteiger partial charge in [0.25, 0.3) is 5.91 Å². The number of carbonyl (C=O) groups excluding carboxylic acids is 1. The molecule has 1 aromatic rings. The van der Waals surface area contributed by atoms with Crippen molar-refractivity contribution in [3.63, 3.8) is 0 Å². The van der Waals surface area contributed by atoms with E-state index in [0.717, 1.165) is 5.56 Å². The smallest absolute Gasteiger partial charge is 0.311 e. The number of nitrogens with one attached hydrogen (secondary N) is 1. The summed E-state index contributed by atoms with van der Waals surface area (Å²) in [6.07, 6.45) is 0.456. The number of carboxylic acid groups (broad SMARTS) is 1. The van der Waals surface area contributed by atoms with Gasteiger partial charge in [-0.05, 0) is 53.9 Å². The molecular formula is C14H18BrNO3. The quantitative estimate of drug-likeness (QED) is 0.873. The number of aliphatic carboxylic acids is 1. The van der Waals surface area contributed by atoms with Crippen molar-refractivity contribution >= 4 is 27.8 Å². The number of halogens is 1. The molecule has 0 aliphatic rings. The molecule has 0 bridgehead atoms. The van der Waals surface area contributed by atoms with Crippen LogP contribution in [-0.2, 0) is 4.79 Å². The van der Waals surface area contributed by atoms with Gasteiger partial charge in [-0.25, -0.2) is 0 Å². The van der Waals surface area contributed by atoms with Crippen LogP contribution < -0.4 is 5.32 Å². The molecule has 104 valence electrons. The van der Waals surface area contributed by atoms with Crippen LogP contribution in [0.4, 0.5) is 0 Å². The van der Waals surface area contributed by atoms with Gasteiger partial charge in [0.1, 0.15) is 0 Å². The normalized spacial score (nSPS) is 13.7. The van der Waals surface area contributed by atoms with E-state index in [-0.39, 0.29) is 12.5 Å². The number of amides is 1. The molecule has 0 saturated carbocycles. The largest absolute Gasteiger partial charge is 0.481 e. The Morgan fingerprint density at radius 2 is 2.05 bits per heavy atom. The molecule has 2 N–H and O–H groups in total. The third-order valence-corrected chi connectivity index (χ3v) is 3.96. The van der Waals surface area contributed by atoms with Crippen LogP contribution >= 0.6 is 15.9 Å². The van der Waals surface area contributed by atoms with Crippen LogP contribution in [0.25, 0.3) is 0 Å². The average molecular weight is 328 g/mol. The number of aryl methyl sites for hydroxylation is 1. The summed E-state index contributed by atoms with van der Waals surface area (Å²) in [5.41, 5.74) is 0.620. The molecule has 0 heterocycles. The lowest BCUT2D eigenvalue weighted by Crippen LogP contribution is -2.40. The van der Waals surface area contributed by atoms with Crippen LogP contribution in [0.5, 0.6) is 0 Å². The summed E-state index contributed by atoms with van der Waals surface area (Å²) in [5.74, 6) is -1.17. The highest BCUT2D eigenvalue weighted by atomic mass is 79.9. The van der Waals surface area contributed by atoms with Crippen molar-refractivity contribution in [3.8, 4) is 0 Å². The van der Waals surface area contributed by atoms with E-state index in [9.17, 15) is 9.59 Å². The minimum Gasteiger partial charge on any atom is -0.481 e. The molecule has 0 radical (unpaired) electrons. The summed E-state index contributed by atoms with van der Waals surface area (Å²) < 4.78 is 0.707. The van der Waals surface area contributed by atoms with E-state index < -0.39 is 11.4 Å². The number of rotatable bonds is 5. The maximum atomic E-state index is 12.0. The standard InChI is InChI=1S/C14H18BrNO3/c1-4-14(3,13(18)19)8-16-12(17)10-6-5-9(2)7-11(10)15/h5-7H,4,8H2,1-3H3,(H,16,17)(H,18,19). The molecule has 1 atom stereocenters. The fourth-order valence-corrected chi connectivity index (χ4v) is 2.20. The SMILES string of the molecule is CCC(C)(CNC(=O)c1ccc(C)cc1Br)C(=O)O. The first-order valence-corrected chi connectivity index (χ1v) is 6.87. The third kappa shape index (κ3) is 3.80. The van der Waals surface area contributed by atoms with Crippen molar-refractivity contribution in [1.82, 2.24) is 5.32 Å². The third-order valence-electron chi connectivity index (χ3n) is 3.30. The van der Waals surface area contributed by atoms with Crippen LogP contribution in [-0.4, -0.2) is 23.5 Å². The van der Waals surface area contributed by atoms with Crippen molar-refractivity contribution in [3.05, 3.63) is 33.8 Å². The van der Waals surface area contributed by atoms with Gasteiger partial charge in [0.05, 0.1) is 11.0 Å². The molecule has 0 aliphatic carbocycles. The van der Waals surface area contributed by atoms with Crippen molar-refractivity contribution < 1.29 is 14.7 Å². The monoisotopic (exact) mass is 327 g/mol. The second-order valence-corrected chi connectivity index (χ2v) is 5.74. The number of hydrogen-bond donors (Lipinski definition) is 2. The molecule has 1 rings (SSSR count). The zero-order chi connectivity index (χ0) is 14.6. The first kappa shape index (κ1) is 15.7. The maximum Gasteiger partial charge on any atom is 0.311 e. The summed E-state index contributed by atoms with van der Waals surface area (Å²) in [6.45, 7) is 5.46. The second kappa shape index (κ2) is 6.19. The van der Waals surface area contributed by atoms with Gasteiger partial charge in [-0.15, -0.1) is 0 Å². The molecule has 0 spiro atoms. The van der Waals surface area contributed by atoms with Crippen LogP contribution in [0.15, 0.2) is 22.7 Å². The molecule has 19 heavy (non-hydrogen) atoms. The van der Waals surface area contributed by atoms with Crippen LogP contribution in [0.3, 0.4) is 0 Å². The number of hydrogen-bond acceptors (Lipinski definition) is 2. The molecule has 0 aromatic heterocycles. The Hall–Kier alpha value is -1.36. The molecule has 4 nitrogen and oxygen atoms in total. The highest BCUT2D eigenvalue weighted by Crippen LogP contribution is 2.21. The van der Waals surface area contributed by atoms with Crippen molar-refractivity contribution in [1.29, 1.82) is 0 Å². The highest BCUT2D eigenvalue weighted by Gasteiger charge is 2.31. The summed E-state index contributed by atoms with van der Waals surface area (Å²) in [4.78, 5) is 23.2. The maximum absolute atomic E-state index is 12.0. The summed E-state index contributed by atoms with van der Waals surface area (Å²) in [7, 11) is 0. The van der Waals surface area contributed by atoms with E-state index >= 15 is 0 Å². The van der Waals surface area contributed by atoms with Crippen molar-refractivity contribution in [2.75, 3.05) is 6.54 Å². The molecule has 1 aromatic carbocycles. The minimum absolute atomic E-state index is 0.109. The molecule has 1 amide bonds. The lowest BCUT2D eigenvalue weighted by Gasteiger charge is -2.23. The summed E-state index contributed by atoms with van der Waals surface area (Å²) >= 11 is 3.34. The van der Waals surface area contributed by atoms with E-state index in [1.54, 1.807) is 19.9 Å². The van der Waals surface area contributed by atoms with E-state index in [4.69, 9.17) is 5.11 Å². The van der Waals surface area contributed by atoms with Gasteiger partial charge >= 0.3 is 5.97 Å². The van der Waals surface area contributed by atoms with Crippen LogP contribution in [0.1, 0.15) is 36.2 Å². The molecule has 0 fully saturated rings. The van der Waals surface area contributed by atoms with Gasteiger partial charge in [0.2, 0.25) is 0 Å². The molecule has 5 heteroatoms. The zero-order valence-corrected chi connectivity index (χ0v) is 12.9. The van der Waals surface area contributed by atoms with Gasteiger partial charge in [0, 0.05) is 11.0 Å². The number of benzene rings is 1. The first-order valence-electron chi connectivity index (χ1n) is 6.08. The zero-order valence-electron chi connectivity index (χ0n) is 11.3. The fraction of sp³-hybridized carbons (Fsp3) is 0.429. The Balaban J connectivity index is 2.78. The van der Waals surface area contributed by atoms with E-state index in [1.165, 1.54) is 0 Å². The minimum atomic E-state index is -0.938. The number of carbonyl (C=O) groups is 2. The molecule has 1 unspecified atom stereocenters. The highest BCUT2D eigenvalue weighted by molar-refractivity contribution is 9.10. The average Bonchev–Trinajstić information content (AvgIpc) is 2.35. The molecule has 0 aliphatic heterocycles. The number of carboxylic acids is 1. The van der Waals surface area contributed by atoms with Crippen LogP contribution in [0, 0.1) is 12.3 Å².